The van der Waals surface area contributed by atoms with E-state index >= 15 is 0 Å². The van der Waals surface area contributed by atoms with Gasteiger partial charge in [-0.1, -0.05) is 51.9 Å². The number of aliphatic imine (C=N–C) groups is 1. The summed E-state index contributed by atoms with van der Waals surface area (Å²) in [6.07, 6.45) is 9.69. The molecule has 0 radical (unpaired) electrons. The standard InChI is InChI=1S/C18H35N3O4/c1-3-15(22)12-10-8-6-4-5-7-9-11-13-16(23)20-18(19)21(2)14-17(24)25/h15,22H,3-14H2,1-2H3,(H,24,25)(H2,19,20,23)/i2D3. The molecule has 1 amide bonds. The predicted molar refractivity (Wildman–Crippen MR) is 99.4 cm³/mol. The molecular weight excluding hydrogens is 322 g/mol. The summed E-state index contributed by atoms with van der Waals surface area (Å²) >= 11 is 0. The average molecular weight is 361 g/mol. The third kappa shape index (κ3) is 14.4. The summed E-state index contributed by atoms with van der Waals surface area (Å²) in [5, 5.41) is 18.2. The number of carboxylic acids is 1. The van der Waals surface area contributed by atoms with E-state index in [4.69, 9.17) is 15.0 Å². The third-order valence-electron chi connectivity index (χ3n) is 3.96. The Balaban J connectivity index is 3.96. The van der Waals surface area contributed by atoms with Gasteiger partial charge in [0.15, 0.2) is 5.96 Å². The molecule has 0 bridgehead atoms. The Morgan fingerprint density at radius 2 is 1.68 bits per heavy atom. The predicted octanol–water partition coefficient (Wildman–Crippen LogP) is 2.52. The Kier molecular flexibility index (Phi) is 10.7. The van der Waals surface area contributed by atoms with Crippen LogP contribution in [0.25, 0.3) is 0 Å². The van der Waals surface area contributed by atoms with E-state index in [1.54, 1.807) is 0 Å². The number of guanidine groups is 1. The van der Waals surface area contributed by atoms with Crippen molar-refractivity contribution in [1.29, 1.82) is 0 Å². The van der Waals surface area contributed by atoms with Crippen molar-refractivity contribution in [2.45, 2.75) is 83.7 Å². The van der Waals surface area contributed by atoms with Crippen LogP contribution in [0.3, 0.4) is 0 Å². The lowest BCUT2D eigenvalue weighted by Gasteiger charge is -2.14. The third-order valence-corrected chi connectivity index (χ3v) is 3.96. The van der Waals surface area contributed by atoms with Crippen LogP contribution in [0.15, 0.2) is 4.99 Å². The van der Waals surface area contributed by atoms with Gasteiger partial charge in [0.1, 0.15) is 6.54 Å². The summed E-state index contributed by atoms with van der Waals surface area (Å²) in [7, 11) is 0. The highest BCUT2D eigenvalue weighted by Crippen LogP contribution is 2.12. The van der Waals surface area contributed by atoms with Crippen LogP contribution in [-0.2, 0) is 9.59 Å². The van der Waals surface area contributed by atoms with Gasteiger partial charge in [0.2, 0.25) is 5.91 Å². The van der Waals surface area contributed by atoms with E-state index in [2.05, 4.69) is 4.99 Å². The van der Waals surface area contributed by atoms with Crippen LogP contribution in [0.1, 0.15) is 81.7 Å². The minimum absolute atomic E-state index is 0.150. The monoisotopic (exact) mass is 360 g/mol. The number of carbonyl (C=O) groups excluding carboxylic acids is 1. The number of carboxylic acid groups (broad SMARTS) is 1. The van der Waals surface area contributed by atoms with Crippen LogP contribution in [0.2, 0.25) is 0 Å². The number of aliphatic hydroxyl groups is 1. The fraction of sp³-hybridized carbons (Fsp3) is 0.833. The van der Waals surface area contributed by atoms with Crippen LogP contribution in [-0.4, -0.2) is 52.6 Å². The van der Waals surface area contributed by atoms with E-state index in [0.29, 0.717) is 11.3 Å². The average Bonchev–Trinajstić information content (AvgIpc) is 2.59. The zero-order valence-corrected chi connectivity index (χ0v) is 15.2. The Morgan fingerprint density at radius 1 is 1.12 bits per heavy atom. The highest BCUT2D eigenvalue weighted by atomic mass is 16.4. The molecule has 0 aromatic heterocycles. The van der Waals surface area contributed by atoms with E-state index < -0.39 is 31.4 Å². The Morgan fingerprint density at radius 3 is 2.20 bits per heavy atom. The second-order valence-electron chi connectivity index (χ2n) is 6.27. The molecule has 0 saturated carbocycles. The van der Waals surface area contributed by atoms with E-state index in [-0.39, 0.29) is 12.5 Å². The SMILES string of the molecule is [2H]C([2H])([2H])N(CC(=O)O)C(N)=NC(=O)CCCCCCCCCCC(O)CC. The molecule has 4 N–H and O–H groups in total. The van der Waals surface area contributed by atoms with Crippen LogP contribution in [0.5, 0.6) is 0 Å². The lowest BCUT2D eigenvalue weighted by Crippen LogP contribution is -2.38. The van der Waals surface area contributed by atoms with Gasteiger partial charge in [-0.05, 0) is 19.3 Å². The Bertz CT molecular complexity index is 499. The van der Waals surface area contributed by atoms with Crippen molar-refractivity contribution < 1.29 is 23.9 Å². The second kappa shape index (κ2) is 14.7. The van der Waals surface area contributed by atoms with Crippen LogP contribution < -0.4 is 5.73 Å². The summed E-state index contributed by atoms with van der Waals surface area (Å²) in [5.74, 6) is -2.52. The molecule has 0 saturated heterocycles. The first-order chi connectivity index (χ1) is 13.1. The number of nitrogens with two attached hydrogens (primary N) is 1. The number of aliphatic carboxylic acids is 1. The van der Waals surface area contributed by atoms with Crippen molar-refractivity contribution >= 4 is 17.8 Å². The molecule has 0 heterocycles. The van der Waals surface area contributed by atoms with Crippen molar-refractivity contribution in [1.82, 2.24) is 4.90 Å². The fourth-order valence-electron chi connectivity index (χ4n) is 2.38. The summed E-state index contributed by atoms with van der Waals surface area (Å²) in [6.45, 7) is -1.65. The molecule has 25 heavy (non-hydrogen) atoms. The van der Waals surface area contributed by atoms with E-state index in [1.807, 2.05) is 6.92 Å². The van der Waals surface area contributed by atoms with Crippen LogP contribution >= 0.6 is 0 Å². The van der Waals surface area contributed by atoms with Crippen molar-refractivity contribution in [3.63, 3.8) is 0 Å². The number of hydrogen-bond acceptors (Lipinski definition) is 3. The fourth-order valence-corrected chi connectivity index (χ4v) is 2.38. The van der Waals surface area contributed by atoms with Gasteiger partial charge in [0.25, 0.3) is 0 Å². The number of amides is 1. The van der Waals surface area contributed by atoms with Crippen molar-refractivity contribution in [3.8, 4) is 0 Å². The first kappa shape index (κ1) is 18.2. The maximum atomic E-state index is 11.8. The molecule has 7 heteroatoms. The van der Waals surface area contributed by atoms with Gasteiger partial charge in [-0.15, -0.1) is 0 Å². The number of likely N-dealkylation sites (N-methyl/N-ethyl adjacent to an activating group) is 1. The van der Waals surface area contributed by atoms with Crippen molar-refractivity contribution in [3.05, 3.63) is 0 Å². The van der Waals surface area contributed by atoms with Gasteiger partial charge in [-0.25, -0.2) is 0 Å². The van der Waals surface area contributed by atoms with E-state index in [9.17, 15) is 14.7 Å². The zero-order valence-electron chi connectivity index (χ0n) is 18.2. The topological polar surface area (TPSA) is 116 Å². The Hall–Kier alpha value is -1.63. The Labute approximate surface area is 155 Å². The van der Waals surface area contributed by atoms with E-state index in [0.717, 1.165) is 57.8 Å². The highest BCUT2D eigenvalue weighted by Gasteiger charge is 2.08. The minimum atomic E-state index is -2.78. The minimum Gasteiger partial charge on any atom is -0.480 e. The zero-order chi connectivity index (χ0) is 21.6. The molecule has 146 valence electrons. The summed E-state index contributed by atoms with van der Waals surface area (Å²) in [6, 6.07) is 0. The smallest absolute Gasteiger partial charge is 0.323 e. The molecule has 0 fully saturated rings. The van der Waals surface area contributed by atoms with Gasteiger partial charge in [0.05, 0.1) is 6.10 Å². The molecule has 0 aromatic rings. The molecule has 0 spiro atoms. The summed E-state index contributed by atoms with van der Waals surface area (Å²) < 4.78 is 21.8. The molecule has 0 aliphatic rings. The number of nitrogens with zero attached hydrogens (tertiary/aromatic N) is 2. The molecule has 0 aliphatic heterocycles. The quantitative estimate of drug-likeness (QED) is 0.249. The first-order valence-corrected chi connectivity index (χ1v) is 9.12. The summed E-state index contributed by atoms with van der Waals surface area (Å²) in [5.41, 5.74) is 5.51. The molecule has 1 atom stereocenters. The normalized spacial score (nSPS) is 15.1. The number of carbonyl (C=O) groups is 2. The number of unbranched alkanes of at least 4 members (excludes halogenated alkanes) is 7. The van der Waals surface area contributed by atoms with Gasteiger partial charge in [0, 0.05) is 17.5 Å². The van der Waals surface area contributed by atoms with E-state index in [1.165, 1.54) is 0 Å². The van der Waals surface area contributed by atoms with Crippen LogP contribution in [0.4, 0.5) is 0 Å². The second-order valence-corrected chi connectivity index (χ2v) is 6.27. The maximum absolute atomic E-state index is 11.8. The summed E-state index contributed by atoms with van der Waals surface area (Å²) in [4.78, 5) is 26.5. The largest absolute Gasteiger partial charge is 0.480 e. The number of aliphatic hydroxyl groups excluding tert-OH is 1. The highest BCUT2D eigenvalue weighted by molar-refractivity contribution is 5.93. The molecule has 7 nitrogen and oxygen atoms in total. The maximum Gasteiger partial charge on any atom is 0.323 e. The first-order valence-electron chi connectivity index (χ1n) is 10.6. The molecular formula is C18H35N3O4. The lowest BCUT2D eigenvalue weighted by molar-refractivity contribution is -0.137. The molecule has 1 unspecified atom stereocenters. The van der Waals surface area contributed by atoms with Crippen LogP contribution in [0, 0.1) is 0 Å². The van der Waals surface area contributed by atoms with Crippen molar-refractivity contribution in [2.75, 3.05) is 13.5 Å². The van der Waals surface area contributed by atoms with Gasteiger partial charge < -0.3 is 20.8 Å². The molecule has 0 aromatic carbocycles. The van der Waals surface area contributed by atoms with Gasteiger partial charge in [-0.3, -0.25) is 9.59 Å². The number of rotatable bonds is 14. The van der Waals surface area contributed by atoms with Gasteiger partial charge in [-0.2, -0.15) is 4.99 Å². The molecule has 0 aliphatic carbocycles. The van der Waals surface area contributed by atoms with Gasteiger partial charge >= 0.3 is 5.97 Å². The van der Waals surface area contributed by atoms with Crippen molar-refractivity contribution in [2.24, 2.45) is 10.7 Å². The molecule has 0 rings (SSSR count). The lowest BCUT2D eigenvalue weighted by atomic mass is 10.0. The number of hydrogen-bond donors (Lipinski definition) is 3.